The van der Waals surface area contributed by atoms with E-state index in [2.05, 4.69) is 103 Å². The minimum absolute atomic E-state index is 0.774. The van der Waals surface area contributed by atoms with Gasteiger partial charge < -0.3 is 11.5 Å². The van der Waals surface area contributed by atoms with Crippen LogP contribution in [0.5, 0.6) is 0 Å². The van der Waals surface area contributed by atoms with E-state index in [1.807, 2.05) is 30.3 Å². The van der Waals surface area contributed by atoms with E-state index in [0.29, 0.717) is 0 Å². The summed E-state index contributed by atoms with van der Waals surface area (Å²) in [6, 6.07) is 43.8. The van der Waals surface area contributed by atoms with Gasteiger partial charge >= 0.3 is 0 Å². The summed E-state index contributed by atoms with van der Waals surface area (Å²) < 4.78 is 0. The van der Waals surface area contributed by atoms with Crippen LogP contribution >= 0.6 is 0 Å². The van der Waals surface area contributed by atoms with Crippen LogP contribution in [0.15, 0.2) is 127 Å². The highest BCUT2D eigenvalue weighted by Gasteiger charge is 2.08. The van der Waals surface area contributed by atoms with Gasteiger partial charge in [0.15, 0.2) is 0 Å². The molecule has 2 heteroatoms. The molecule has 5 aromatic rings. The van der Waals surface area contributed by atoms with E-state index in [9.17, 15) is 0 Å². The Hall–Kier alpha value is -4.56. The van der Waals surface area contributed by atoms with Crippen molar-refractivity contribution >= 4 is 23.0 Å². The third-order valence-electron chi connectivity index (χ3n) is 5.99. The van der Waals surface area contributed by atoms with E-state index in [-0.39, 0.29) is 0 Å². The SMILES string of the molecule is Nc1ccc(-c2ccc(C(=Cc3ccccc3)c3ccc(-c4ccc(N)cc4)cc3)cc2)cc1. The van der Waals surface area contributed by atoms with Crippen molar-refractivity contribution in [3.05, 3.63) is 144 Å². The van der Waals surface area contributed by atoms with Gasteiger partial charge in [0.05, 0.1) is 0 Å². The average Bonchev–Trinajstić information content (AvgIpc) is 2.89. The van der Waals surface area contributed by atoms with Gasteiger partial charge in [-0.05, 0) is 74.9 Å². The molecule has 0 aliphatic carbocycles. The first-order valence-corrected chi connectivity index (χ1v) is 11.4. The fourth-order valence-electron chi connectivity index (χ4n) is 4.08. The summed E-state index contributed by atoms with van der Waals surface area (Å²) in [4.78, 5) is 0. The minimum atomic E-state index is 0.774. The number of hydrogen-bond acceptors (Lipinski definition) is 2. The number of hydrogen-bond donors (Lipinski definition) is 2. The van der Waals surface area contributed by atoms with Gasteiger partial charge in [-0.3, -0.25) is 0 Å². The zero-order valence-electron chi connectivity index (χ0n) is 18.9. The second-order valence-corrected chi connectivity index (χ2v) is 8.37. The normalized spacial score (nSPS) is 10.6. The summed E-state index contributed by atoms with van der Waals surface area (Å²) in [6.45, 7) is 0. The molecule has 0 aliphatic rings. The Morgan fingerprint density at radius 1 is 0.412 bits per heavy atom. The highest BCUT2D eigenvalue weighted by molar-refractivity contribution is 5.92. The number of rotatable bonds is 5. The standard InChI is InChI=1S/C32H26N2/c33-30-18-14-26(15-19-30)24-6-10-28(11-7-24)32(22-23-4-2-1-3-5-23)29-12-8-25(9-13-29)27-16-20-31(34)21-17-27/h1-22H,33-34H2. The molecule has 5 aromatic carbocycles. The molecule has 0 radical (unpaired) electrons. The summed E-state index contributed by atoms with van der Waals surface area (Å²) >= 11 is 0. The predicted octanol–water partition coefficient (Wildman–Crippen LogP) is 7.77. The monoisotopic (exact) mass is 438 g/mol. The maximum absolute atomic E-state index is 5.85. The van der Waals surface area contributed by atoms with Crippen molar-refractivity contribution in [3.63, 3.8) is 0 Å². The molecule has 0 fully saturated rings. The molecule has 0 saturated heterocycles. The van der Waals surface area contributed by atoms with Crippen LogP contribution < -0.4 is 11.5 Å². The molecule has 5 rings (SSSR count). The first-order valence-electron chi connectivity index (χ1n) is 11.4. The van der Waals surface area contributed by atoms with Crippen molar-refractivity contribution in [2.24, 2.45) is 0 Å². The Labute approximate surface area is 200 Å². The van der Waals surface area contributed by atoms with Crippen LogP contribution in [-0.2, 0) is 0 Å². The van der Waals surface area contributed by atoms with E-state index < -0.39 is 0 Å². The van der Waals surface area contributed by atoms with Crippen LogP contribution in [0.2, 0.25) is 0 Å². The average molecular weight is 439 g/mol. The molecule has 0 heterocycles. The van der Waals surface area contributed by atoms with Gasteiger partial charge in [-0.1, -0.05) is 103 Å². The molecule has 4 N–H and O–H groups in total. The zero-order valence-corrected chi connectivity index (χ0v) is 18.9. The van der Waals surface area contributed by atoms with Gasteiger partial charge in [-0.2, -0.15) is 0 Å². The number of nitrogens with two attached hydrogens (primary N) is 2. The molecule has 2 nitrogen and oxygen atoms in total. The van der Waals surface area contributed by atoms with E-state index in [1.54, 1.807) is 0 Å². The smallest absolute Gasteiger partial charge is 0.0314 e. The maximum Gasteiger partial charge on any atom is 0.0314 e. The second kappa shape index (κ2) is 9.51. The fourth-order valence-corrected chi connectivity index (χ4v) is 4.08. The second-order valence-electron chi connectivity index (χ2n) is 8.37. The number of benzene rings is 5. The Bertz CT molecular complexity index is 1310. The van der Waals surface area contributed by atoms with E-state index in [1.165, 1.54) is 33.4 Å². The van der Waals surface area contributed by atoms with Crippen molar-refractivity contribution in [2.45, 2.75) is 0 Å². The third kappa shape index (κ3) is 4.77. The van der Waals surface area contributed by atoms with Crippen LogP contribution in [0, 0.1) is 0 Å². The Balaban J connectivity index is 1.52. The van der Waals surface area contributed by atoms with Crippen molar-refractivity contribution in [3.8, 4) is 22.3 Å². The van der Waals surface area contributed by atoms with Crippen molar-refractivity contribution < 1.29 is 0 Å². The molecule has 0 bridgehead atoms. The van der Waals surface area contributed by atoms with Crippen LogP contribution in [-0.4, -0.2) is 0 Å². The lowest BCUT2D eigenvalue weighted by Crippen LogP contribution is -1.90. The molecule has 164 valence electrons. The first kappa shape index (κ1) is 21.3. The molecule has 0 unspecified atom stereocenters. The molecule has 0 amide bonds. The van der Waals surface area contributed by atoms with Crippen LogP contribution in [0.25, 0.3) is 33.9 Å². The molecule has 0 saturated carbocycles. The molecular formula is C32H26N2. The molecule has 34 heavy (non-hydrogen) atoms. The van der Waals surface area contributed by atoms with Crippen molar-refractivity contribution in [2.75, 3.05) is 11.5 Å². The Morgan fingerprint density at radius 2 is 0.765 bits per heavy atom. The summed E-state index contributed by atoms with van der Waals surface area (Å²) in [5.74, 6) is 0. The number of anilines is 2. The lowest BCUT2D eigenvalue weighted by atomic mass is 9.92. The Morgan fingerprint density at radius 3 is 1.15 bits per heavy atom. The molecule has 0 aliphatic heterocycles. The summed E-state index contributed by atoms with van der Waals surface area (Å²) in [5.41, 5.74) is 22.6. The fraction of sp³-hybridized carbons (Fsp3) is 0. The molecule has 0 aromatic heterocycles. The highest BCUT2D eigenvalue weighted by atomic mass is 14.5. The van der Waals surface area contributed by atoms with Gasteiger partial charge in [-0.15, -0.1) is 0 Å². The maximum atomic E-state index is 5.85. The molecular weight excluding hydrogens is 412 g/mol. The molecule has 0 spiro atoms. The van der Waals surface area contributed by atoms with Crippen LogP contribution in [0.4, 0.5) is 11.4 Å². The van der Waals surface area contributed by atoms with Crippen LogP contribution in [0.3, 0.4) is 0 Å². The third-order valence-corrected chi connectivity index (χ3v) is 5.99. The largest absolute Gasteiger partial charge is 0.399 e. The minimum Gasteiger partial charge on any atom is -0.399 e. The van der Waals surface area contributed by atoms with Gasteiger partial charge in [0.25, 0.3) is 0 Å². The van der Waals surface area contributed by atoms with E-state index >= 15 is 0 Å². The number of nitrogen functional groups attached to an aromatic ring is 2. The van der Waals surface area contributed by atoms with Gasteiger partial charge in [0, 0.05) is 11.4 Å². The van der Waals surface area contributed by atoms with Crippen molar-refractivity contribution in [1.82, 2.24) is 0 Å². The molecule has 0 atom stereocenters. The van der Waals surface area contributed by atoms with Crippen molar-refractivity contribution in [1.29, 1.82) is 0 Å². The van der Waals surface area contributed by atoms with Crippen LogP contribution in [0.1, 0.15) is 16.7 Å². The van der Waals surface area contributed by atoms with E-state index in [4.69, 9.17) is 11.5 Å². The lowest BCUT2D eigenvalue weighted by molar-refractivity contribution is 1.53. The van der Waals surface area contributed by atoms with E-state index in [0.717, 1.165) is 22.5 Å². The van der Waals surface area contributed by atoms with Gasteiger partial charge in [-0.25, -0.2) is 0 Å². The quantitative estimate of drug-likeness (QED) is 0.217. The predicted molar refractivity (Wildman–Crippen MR) is 146 cm³/mol. The highest BCUT2D eigenvalue weighted by Crippen LogP contribution is 2.31. The lowest BCUT2D eigenvalue weighted by Gasteiger charge is -2.12. The van der Waals surface area contributed by atoms with Gasteiger partial charge in [0.2, 0.25) is 0 Å². The topological polar surface area (TPSA) is 52.0 Å². The summed E-state index contributed by atoms with van der Waals surface area (Å²) in [6.07, 6.45) is 2.25. The zero-order chi connectivity index (χ0) is 23.3. The van der Waals surface area contributed by atoms with Gasteiger partial charge in [0.1, 0.15) is 0 Å². The summed E-state index contributed by atoms with van der Waals surface area (Å²) in [5, 5.41) is 0. The summed E-state index contributed by atoms with van der Waals surface area (Å²) in [7, 11) is 0. The first-order chi connectivity index (χ1) is 16.7. The Kier molecular flexibility index (Phi) is 5.96.